The van der Waals surface area contributed by atoms with Gasteiger partial charge in [-0.3, -0.25) is 0 Å². The van der Waals surface area contributed by atoms with Crippen molar-refractivity contribution in [1.29, 1.82) is 0 Å². The minimum absolute atomic E-state index is 0.416. The predicted molar refractivity (Wildman–Crippen MR) is 90.2 cm³/mol. The van der Waals surface area contributed by atoms with Gasteiger partial charge in [-0.1, -0.05) is 35.3 Å². The van der Waals surface area contributed by atoms with E-state index in [1.807, 2.05) is 17.5 Å². The number of rotatable bonds is 3. The first-order valence-corrected chi connectivity index (χ1v) is 7.90. The Kier molecular flexibility index (Phi) is 4.21. The first kappa shape index (κ1) is 14.5. The van der Waals surface area contributed by atoms with Crippen molar-refractivity contribution in [1.82, 2.24) is 14.9 Å². The maximum Gasteiger partial charge on any atom is 0.216 e. The molecule has 1 N–H and O–H groups in total. The lowest BCUT2D eigenvalue weighted by Gasteiger charge is -2.00. The highest BCUT2D eigenvalue weighted by molar-refractivity contribution is 7.71. The maximum absolute atomic E-state index is 6.12. The Balaban J connectivity index is 2.00. The van der Waals surface area contributed by atoms with Crippen LogP contribution in [-0.2, 0) is 0 Å². The van der Waals surface area contributed by atoms with Crippen molar-refractivity contribution in [3.63, 3.8) is 0 Å². The fourth-order valence-corrected chi connectivity index (χ4v) is 3.03. The molecule has 0 atom stereocenters. The van der Waals surface area contributed by atoms with Crippen LogP contribution in [0.2, 0.25) is 10.0 Å². The third kappa shape index (κ3) is 3.08. The summed E-state index contributed by atoms with van der Waals surface area (Å²) >= 11 is 18.7. The van der Waals surface area contributed by atoms with E-state index >= 15 is 0 Å². The Hall–Kier alpha value is -1.47. The van der Waals surface area contributed by atoms with Crippen LogP contribution in [0.5, 0.6) is 0 Å². The van der Waals surface area contributed by atoms with E-state index in [9.17, 15) is 0 Å². The fraction of sp³-hybridized carbons (Fsp3) is 0. The summed E-state index contributed by atoms with van der Waals surface area (Å²) in [5.74, 6) is 0.663. The summed E-state index contributed by atoms with van der Waals surface area (Å²) in [6.07, 6.45) is 1.63. The predicted octanol–water partition coefficient (Wildman–Crippen LogP) is 4.86. The van der Waals surface area contributed by atoms with Crippen molar-refractivity contribution < 1.29 is 0 Å². The number of thiophene rings is 1. The molecule has 0 saturated heterocycles. The summed E-state index contributed by atoms with van der Waals surface area (Å²) in [7, 11) is 0. The van der Waals surface area contributed by atoms with Crippen molar-refractivity contribution in [2.75, 3.05) is 0 Å². The van der Waals surface area contributed by atoms with Crippen molar-refractivity contribution >= 4 is 53.0 Å². The Morgan fingerprint density at radius 2 is 2.19 bits per heavy atom. The highest BCUT2D eigenvalue weighted by Gasteiger charge is 2.08. The topological polar surface area (TPSA) is 46.0 Å². The standard InChI is InChI=1S/C13H8Cl2N4S2/c14-9-4-3-8(10(15)6-9)7-16-19-12(17-18-13(19)20)11-2-1-5-21-11/h1-7H,(H,18,20)/b16-7-. The number of hydrogen-bond donors (Lipinski definition) is 1. The molecule has 3 aromatic rings. The third-order valence-electron chi connectivity index (χ3n) is 2.67. The Morgan fingerprint density at radius 3 is 2.90 bits per heavy atom. The molecule has 0 aliphatic rings. The van der Waals surface area contributed by atoms with Crippen LogP contribution in [0.1, 0.15) is 5.56 Å². The zero-order chi connectivity index (χ0) is 14.8. The number of aromatic amines is 1. The molecule has 0 amide bonds. The SMILES string of the molecule is S=c1[nH]nc(-c2cccs2)n1/N=C\c1ccc(Cl)cc1Cl. The number of nitrogens with zero attached hydrogens (tertiary/aromatic N) is 3. The van der Waals surface area contributed by atoms with Gasteiger partial charge in [0.2, 0.25) is 4.77 Å². The van der Waals surface area contributed by atoms with Gasteiger partial charge in [0, 0.05) is 10.6 Å². The average Bonchev–Trinajstić information content (AvgIpc) is 3.08. The molecule has 1 aromatic carbocycles. The number of hydrogen-bond acceptors (Lipinski definition) is 4. The first-order valence-electron chi connectivity index (χ1n) is 5.86. The largest absolute Gasteiger partial charge is 0.250 e. The second kappa shape index (κ2) is 6.11. The van der Waals surface area contributed by atoms with Gasteiger partial charge in [0.05, 0.1) is 16.1 Å². The van der Waals surface area contributed by atoms with Gasteiger partial charge in [0.1, 0.15) is 0 Å². The summed E-state index contributed by atoms with van der Waals surface area (Å²) in [4.78, 5) is 0.974. The van der Waals surface area contributed by atoms with Crippen LogP contribution in [-0.4, -0.2) is 21.1 Å². The smallest absolute Gasteiger partial charge is 0.216 e. The van der Waals surface area contributed by atoms with Crippen molar-refractivity contribution in [3.05, 3.63) is 56.1 Å². The maximum atomic E-state index is 6.12. The van der Waals surface area contributed by atoms with Gasteiger partial charge in [0.15, 0.2) is 5.82 Å². The lowest BCUT2D eigenvalue weighted by molar-refractivity contribution is 0.873. The normalized spacial score (nSPS) is 11.3. The quantitative estimate of drug-likeness (QED) is 0.539. The number of aromatic nitrogens is 3. The Morgan fingerprint density at radius 1 is 1.33 bits per heavy atom. The molecule has 21 heavy (non-hydrogen) atoms. The van der Waals surface area contributed by atoms with E-state index in [1.54, 1.807) is 40.4 Å². The molecule has 0 unspecified atom stereocenters. The van der Waals surface area contributed by atoms with Crippen molar-refractivity contribution in [3.8, 4) is 10.7 Å². The summed E-state index contributed by atoms with van der Waals surface area (Å²) in [6, 6.07) is 9.12. The third-order valence-corrected chi connectivity index (χ3v) is 4.36. The molecule has 8 heteroatoms. The minimum atomic E-state index is 0.416. The Bertz CT molecular complexity index is 849. The first-order chi connectivity index (χ1) is 10.1. The average molecular weight is 355 g/mol. The zero-order valence-electron chi connectivity index (χ0n) is 10.5. The molecule has 2 aromatic heterocycles. The van der Waals surface area contributed by atoms with E-state index in [0.29, 0.717) is 20.6 Å². The van der Waals surface area contributed by atoms with Gasteiger partial charge in [-0.2, -0.15) is 14.9 Å². The minimum Gasteiger partial charge on any atom is -0.250 e. The summed E-state index contributed by atoms with van der Waals surface area (Å²) in [5.41, 5.74) is 0.751. The van der Waals surface area contributed by atoms with E-state index in [0.717, 1.165) is 10.4 Å². The highest BCUT2D eigenvalue weighted by atomic mass is 35.5. The van der Waals surface area contributed by atoms with Gasteiger partial charge < -0.3 is 0 Å². The molecule has 0 fully saturated rings. The molecule has 0 aliphatic heterocycles. The van der Waals surface area contributed by atoms with Crippen LogP contribution in [0, 0.1) is 4.77 Å². The van der Waals surface area contributed by atoms with Crippen LogP contribution in [0.15, 0.2) is 40.8 Å². The Labute approximate surface area is 139 Å². The second-order valence-electron chi connectivity index (χ2n) is 4.05. The van der Waals surface area contributed by atoms with Crippen LogP contribution in [0.3, 0.4) is 0 Å². The molecule has 0 radical (unpaired) electrons. The number of halogens is 2. The van der Waals surface area contributed by atoms with Crippen LogP contribution >= 0.6 is 46.8 Å². The van der Waals surface area contributed by atoms with Crippen LogP contribution in [0.4, 0.5) is 0 Å². The lowest BCUT2D eigenvalue weighted by atomic mass is 10.2. The molecule has 0 saturated carbocycles. The molecule has 0 aliphatic carbocycles. The molecule has 0 bridgehead atoms. The van der Waals surface area contributed by atoms with E-state index in [-0.39, 0.29) is 0 Å². The molecule has 4 nitrogen and oxygen atoms in total. The van der Waals surface area contributed by atoms with Crippen LogP contribution in [0.25, 0.3) is 10.7 Å². The van der Waals surface area contributed by atoms with E-state index in [4.69, 9.17) is 35.4 Å². The summed E-state index contributed by atoms with van der Waals surface area (Å²) < 4.78 is 1.98. The van der Waals surface area contributed by atoms with Gasteiger partial charge in [0.25, 0.3) is 0 Å². The number of nitrogens with one attached hydrogen (secondary N) is 1. The molecule has 0 spiro atoms. The molecule has 2 heterocycles. The van der Waals surface area contributed by atoms with Gasteiger partial charge in [-0.05, 0) is 35.8 Å². The molecule has 106 valence electrons. The number of H-pyrrole nitrogens is 1. The summed E-state index contributed by atoms with van der Waals surface area (Å²) in [6.45, 7) is 0. The number of benzene rings is 1. The van der Waals surface area contributed by atoms with E-state index < -0.39 is 0 Å². The van der Waals surface area contributed by atoms with Crippen molar-refractivity contribution in [2.45, 2.75) is 0 Å². The van der Waals surface area contributed by atoms with Crippen LogP contribution < -0.4 is 0 Å². The van der Waals surface area contributed by atoms with Gasteiger partial charge >= 0.3 is 0 Å². The molecule has 3 rings (SSSR count). The fourth-order valence-electron chi connectivity index (χ4n) is 1.69. The monoisotopic (exact) mass is 354 g/mol. The van der Waals surface area contributed by atoms with Crippen molar-refractivity contribution in [2.24, 2.45) is 5.10 Å². The van der Waals surface area contributed by atoms with Gasteiger partial charge in [-0.25, -0.2) is 5.10 Å². The lowest BCUT2D eigenvalue weighted by Crippen LogP contribution is -1.94. The van der Waals surface area contributed by atoms with E-state index in [2.05, 4.69) is 15.3 Å². The second-order valence-corrected chi connectivity index (χ2v) is 6.23. The summed E-state index contributed by atoms with van der Waals surface area (Å²) in [5, 5.41) is 14.4. The molecular formula is C13H8Cl2N4S2. The van der Waals surface area contributed by atoms with E-state index in [1.165, 1.54) is 0 Å². The molecular weight excluding hydrogens is 347 g/mol. The zero-order valence-corrected chi connectivity index (χ0v) is 13.6. The van der Waals surface area contributed by atoms with Gasteiger partial charge in [-0.15, -0.1) is 11.3 Å². The highest BCUT2D eigenvalue weighted by Crippen LogP contribution is 2.23.